The SMILES string of the molecule is COc1ccc(CN(Cc2ccc(OC)cc2)S(=O)(=O)c2c(S(=O)(=O)N[C@@H](COC(N)=O)[C@@H](O)Cc3ccccc3)ccc(-c3cccc4sc(C#N)nc34)c2-c2nnn(Cc3ccc(OC)cc3)n2)cc1. The summed E-state index contributed by atoms with van der Waals surface area (Å²) < 4.78 is 88.6. The predicted molar refractivity (Wildman–Crippen MR) is 267 cm³/mol. The van der Waals surface area contributed by atoms with E-state index in [2.05, 4.69) is 26.1 Å². The first-order valence-electron chi connectivity index (χ1n) is 22.0. The molecule has 8 aromatic rings. The van der Waals surface area contributed by atoms with E-state index in [-0.39, 0.29) is 48.0 Å². The lowest BCUT2D eigenvalue weighted by atomic mass is 9.98. The minimum atomic E-state index is -5.11. The average molecular weight is 1030 g/mol. The van der Waals surface area contributed by atoms with E-state index in [0.29, 0.717) is 49.7 Å². The third-order valence-corrected chi connectivity index (χ3v) is 15.9. The van der Waals surface area contributed by atoms with Crippen molar-refractivity contribution < 1.29 is 45.7 Å². The number of fused-ring (bicyclic) bond motifs is 1. The highest BCUT2D eigenvalue weighted by Gasteiger charge is 2.40. The van der Waals surface area contributed by atoms with Crippen LogP contribution in [0, 0.1) is 11.3 Å². The number of nitrogens with one attached hydrogen (secondary N) is 1. The van der Waals surface area contributed by atoms with Gasteiger partial charge in [-0.2, -0.15) is 14.4 Å². The minimum Gasteiger partial charge on any atom is -0.497 e. The molecule has 0 aliphatic heterocycles. The Hall–Kier alpha value is -7.78. The highest BCUT2D eigenvalue weighted by atomic mass is 32.2. The molecule has 8 rings (SSSR count). The van der Waals surface area contributed by atoms with E-state index >= 15 is 16.8 Å². The first-order chi connectivity index (χ1) is 34.7. The maximum Gasteiger partial charge on any atom is 0.404 e. The van der Waals surface area contributed by atoms with Crippen molar-refractivity contribution in [1.82, 2.24) is 34.2 Å². The van der Waals surface area contributed by atoms with Gasteiger partial charge >= 0.3 is 6.09 Å². The number of rotatable bonds is 21. The Morgan fingerprint density at radius 1 is 0.778 bits per heavy atom. The molecule has 19 nitrogen and oxygen atoms in total. The number of ether oxygens (including phenoxy) is 4. The Bertz CT molecular complexity index is 3410. The number of tetrazole rings is 1. The number of para-hydroxylation sites is 1. The van der Waals surface area contributed by atoms with Gasteiger partial charge in [-0.25, -0.2) is 31.3 Å². The summed E-state index contributed by atoms with van der Waals surface area (Å²) in [7, 11) is -5.68. The molecule has 0 saturated heterocycles. The number of hydrogen-bond donors (Lipinski definition) is 3. The van der Waals surface area contributed by atoms with E-state index < -0.39 is 54.7 Å². The smallest absolute Gasteiger partial charge is 0.404 e. The van der Waals surface area contributed by atoms with Gasteiger partial charge in [-0.05, 0) is 81.6 Å². The zero-order valence-electron chi connectivity index (χ0n) is 38.9. The Morgan fingerprint density at radius 3 is 1.94 bits per heavy atom. The van der Waals surface area contributed by atoms with Crippen LogP contribution in [0.25, 0.3) is 32.7 Å². The van der Waals surface area contributed by atoms with E-state index in [9.17, 15) is 15.2 Å². The summed E-state index contributed by atoms with van der Waals surface area (Å²) in [6, 6.07) is 37.3. The molecule has 6 aromatic carbocycles. The van der Waals surface area contributed by atoms with Crippen LogP contribution in [0.15, 0.2) is 143 Å². The third kappa shape index (κ3) is 11.5. The third-order valence-electron chi connectivity index (χ3n) is 11.5. The molecule has 4 N–H and O–H groups in total. The fraction of sp³-hybridized carbons (Fsp3) is 0.200. The van der Waals surface area contributed by atoms with Gasteiger partial charge < -0.3 is 29.8 Å². The lowest BCUT2D eigenvalue weighted by molar-refractivity contribution is 0.0852. The van der Waals surface area contributed by atoms with Crippen molar-refractivity contribution in [2.75, 3.05) is 27.9 Å². The lowest BCUT2D eigenvalue weighted by Crippen LogP contribution is -2.48. The molecule has 0 spiro atoms. The van der Waals surface area contributed by atoms with Crippen LogP contribution in [-0.4, -0.2) is 97.6 Å². The number of sulfonamides is 2. The molecule has 2 atom stereocenters. The zero-order chi connectivity index (χ0) is 51.0. The molecule has 22 heteroatoms. The van der Waals surface area contributed by atoms with Gasteiger partial charge in [0.2, 0.25) is 25.9 Å². The number of aliphatic hydroxyl groups excluding tert-OH is 1. The number of hydrogen-bond acceptors (Lipinski definition) is 16. The van der Waals surface area contributed by atoms with E-state index in [1.54, 1.807) is 121 Å². The van der Waals surface area contributed by atoms with Gasteiger partial charge in [-0.3, -0.25) is 0 Å². The Labute approximate surface area is 419 Å². The first kappa shape index (κ1) is 50.6. The van der Waals surface area contributed by atoms with Gasteiger partial charge in [0.15, 0.2) is 5.01 Å². The Balaban J connectivity index is 1.39. The maximum absolute atomic E-state index is 16.3. The van der Waals surface area contributed by atoms with Gasteiger partial charge in [0.1, 0.15) is 39.7 Å². The number of primary amides is 1. The van der Waals surface area contributed by atoms with Crippen LogP contribution in [0.3, 0.4) is 0 Å². The van der Waals surface area contributed by atoms with E-state index in [1.165, 1.54) is 32.2 Å². The number of nitrogens with zero attached hydrogens (tertiary/aromatic N) is 7. The van der Waals surface area contributed by atoms with Crippen LogP contribution < -0.4 is 24.7 Å². The number of aliphatic hydroxyl groups is 1. The monoisotopic (exact) mass is 1030 g/mol. The molecule has 0 aliphatic rings. The van der Waals surface area contributed by atoms with Crippen LogP contribution >= 0.6 is 11.3 Å². The molecule has 2 heterocycles. The molecule has 0 fully saturated rings. The number of amides is 1. The molecular weight excluding hydrogens is 983 g/mol. The average Bonchev–Trinajstić information content (AvgIpc) is 4.05. The number of nitriles is 1. The van der Waals surface area contributed by atoms with Gasteiger partial charge in [-0.15, -0.1) is 21.5 Å². The van der Waals surface area contributed by atoms with Crippen molar-refractivity contribution in [3.8, 4) is 45.8 Å². The van der Waals surface area contributed by atoms with Gasteiger partial charge in [0.05, 0.1) is 55.8 Å². The van der Waals surface area contributed by atoms with E-state index in [1.807, 2.05) is 0 Å². The maximum atomic E-state index is 16.3. The van der Waals surface area contributed by atoms with Crippen molar-refractivity contribution in [2.45, 2.75) is 48.0 Å². The van der Waals surface area contributed by atoms with Crippen molar-refractivity contribution in [3.05, 3.63) is 161 Å². The summed E-state index contributed by atoms with van der Waals surface area (Å²) in [4.78, 5) is 16.2. The van der Waals surface area contributed by atoms with E-state index in [0.717, 1.165) is 27.3 Å². The van der Waals surface area contributed by atoms with Crippen molar-refractivity contribution in [2.24, 2.45) is 5.73 Å². The van der Waals surface area contributed by atoms with Gasteiger partial charge in [-0.1, -0.05) is 84.9 Å². The van der Waals surface area contributed by atoms with Crippen molar-refractivity contribution in [1.29, 1.82) is 5.26 Å². The Morgan fingerprint density at radius 2 is 1.38 bits per heavy atom. The number of thiazole rings is 1. The molecule has 0 radical (unpaired) electrons. The van der Waals surface area contributed by atoms with Crippen LogP contribution in [0.2, 0.25) is 0 Å². The highest BCUT2D eigenvalue weighted by molar-refractivity contribution is 7.92. The number of carbonyl (C=O) groups excluding carboxylic acids is 1. The minimum absolute atomic E-state index is 0.0586. The summed E-state index contributed by atoms with van der Waals surface area (Å²) in [5.41, 5.74) is 8.22. The number of methoxy groups -OCH3 is 3. The summed E-state index contributed by atoms with van der Waals surface area (Å²) in [5, 5.41) is 35.1. The molecule has 1 amide bonds. The normalized spacial score (nSPS) is 12.6. The molecule has 2 aromatic heterocycles. The second kappa shape index (κ2) is 22.1. The van der Waals surface area contributed by atoms with Crippen LogP contribution in [0.5, 0.6) is 17.2 Å². The Kier molecular flexibility index (Phi) is 15.5. The summed E-state index contributed by atoms with van der Waals surface area (Å²) in [6.45, 7) is -1.25. The van der Waals surface area contributed by atoms with Crippen molar-refractivity contribution >= 4 is 47.7 Å². The topological polar surface area (TPSA) is 264 Å². The number of benzene rings is 6. The molecule has 370 valence electrons. The molecule has 0 saturated carbocycles. The second-order valence-corrected chi connectivity index (χ2v) is 20.8. The highest BCUT2D eigenvalue weighted by Crippen LogP contribution is 2.44. The number of carbonyl (C=O) groups is 1. The summed E-state index contributed by atoms with van der Waals surface area (Å²) >= 11 is 1.11. The summed E-state index contributed by atoms with van der Waals surface area (Å²) in [6.07, 6.45) is -2.88. The fourth-order valence-corrected chi connectivity index (χ4v) is 12.3. The van der Waals surface area contributed by atoms with Crippen LogP contribution in [0.4, 0.5) is 4.79 Å². The standard InChI is InChI=1S/C50H47N9O10S3/c1-66-36-18-12-33(13-19-36)28-58(29-34-14-20-37(67-2)21-15-34)72(64,65)48-44(71(62,63)56-41(31-69-50(52)61)42(60)26-32-8-5-4-6-9-32)25-24-39(40-10-7-11-43-47(40)53-45(27-51)70-43)46(48)49-54-57-59(55-49)30-35-16-22-38(68-3)23-17-35/h4-25,41-42,56,60H,26,28-31H2,1-3H3,(H2,52,61)/t41-,42-/m0/s1. The molecule has 72 heavy (non-hydrogen) atoms. The molecule has 0 unspecified atom stereocenters. The molecule has 0 aliphatic carbocycles. The predicted octanol–water partition coefficient (Wildman–Crippen LogP) is 6.30. The van der Waals surface area contributed by atoms with Gasteiger partial charge in [0, 0.05) is 25.1 Å². The second-order valence-electron chi connectivity index (χ2n) is 16.2. The van der Waals surface area contributed by atoms with E-state index in [4.69, 9.17) is 29.8 Å². The number of aromatic nitrogens is 5. The molecular formula is C50H47N9O10S3. The van der Waals surface area contributed by atoms with Crippen LogP contribution in [-0.2, 0) is 50.8 Å². The lowest BCUT2D eigenvalue weighted by Gasteiger charge is -2.28. The largest absolute Gasteiger partial charge is 0.497 e. The zero-order valence-corrected chi connectivity index (χ0v) is 41.4. The van der Waals surface area contributed by atoms with Crippen LogP contribution in [0.1, 0.15) is 27.3 Å². The fourth-order valence-electron chi connectivity index (χ4n) is 7.88. The molecule has 0 bridgehead atoms. The number of nitrogens with two attached hydrogens (primary N) is 1. The first-order valence-corrected chi connectivity index (χ1v) is 25.7. The van der Waals surface area contributed by atoms with Crippen molar-refractivity contribution in [3.63, 3.8) is 0 Å². The summed E-state index contributed by atoms with van der Waals surface area (Å²) in [5.74, 6) is 1.36. The van der Waals surface area contributed by atoms with Gasteiger partial charge in [0.25, 0.3) is 0 Å². The quantitative estimate of drug-likeness (QED) is 0.0713.